The third-order valence-corrected chi connectivity index (χ3v) is 3.96. The summed E-state index contributed by atoms with van der Waals surface area (Å²) >= 11 is 0. The highest BCUT2D eigenvalue weighted by Crippen LogP contribution is 2.16. The van der Waals surface area contributed by atoms with Crippen molar-refractivity contribution >= 4 is 5.95 Å². The summed E-state index contributed by atoms with van der Waals surface area (Å²) in [6.07, 6.45) is 3.88. The Labute approximate surface area is 126 Å². The summed E-state index contributed by atoms with van der Waals surface area (Å²) < 4.78 is 2.14. The van der Waals surface area contributed by atoms with E-state index in [0.29, 0.717) is 0 Å². The summed E-state index contributed by atoms with van der Waals surface area (Å²) in [5, 5.41) is 3.39. The first-order valence-electron chi connectivity index (χ1n) is 7.57. The van der Waals surface area contributed by atoms with E-state index in [1.54, 1.807) is 0 Å². The first-order valence-corrected chi connectivity index (χ1v) is 7.57. The molecule has 3 rings (SSSR count). The topological polar surface area (TPSA) is 36.3 Å². The van der Waals surface area contributed by atoms with Gasteiger partial charge in [0, 0.05) is 64.4 Å². The Kier molecular flexibility index (Phi) is 4.52. The number of benzene rings is 1. The number of nitrogens with zero attached hydrogens (tertiary/aromatic N) is 4. The molecule has 1 N–H and O–H groups in total. The number of nitrogens with one attached hydrogen (secondary N) is 1. The van der Waals surface area contributed by atoms with Gasteiger partial charge in [-0.3, -0.25) is 9.47 Å². The van der Waals surface area contributed by atoms with E-state index in [9.17, 15) is 0 Å². The lowest BCUT2D eigenvalue weighted by molar-refractivity contribution is 0.246. The second-order valence-corrected chi connectivity index (χ2v) is 5.45. The molecule has 0 amide bonds. The van der Waals surface area contributed by atoms with Gasteiger partial charge in [-0.05, 0) is 12.1 Å². The van der Waals surface area contributed by atoms with Crippen molar-refractivity contribution in [2.24, 2.45) is 0 Å². The van der Waals surface area contributed by atoms with Crippen molar-refractivity contribution in [3.8, 4) is 5.69 Å². The number of anilines is 1. The van der Waals surface area contributed by atoms with E-state index in [2.05, 4.69) is 56.0 Å². The van der Waals surface area contributed by atoms with E-state index in [0.717, 1.165) is 50.9 Å². The van der Waals surface area contributed by atoms with Crippen molar-refractivity contribution in [2.75, 3.05) is 51.2 Å². The molecule has 1 fully saturated rings. The van der Waals surface area contributed by atoms with Crippen molar-refractivity contribution < 1.29 is 0 Å². The molecular formula is C16H23N5. The average molecular weight is 285 g/mol. The fraction of sp³-hybridized carbons (Fsp3) is 0.438. The molecule has 1 saturated heterocycles. The SMILES string of the molecule is CN(CCN1CCNCC1)c1nccn1-c1ccccc1. The number of para-hydroxylation sites is 1. The summed E-state index contributed by atoms with van der Waals surface area (Å²) in [7, 11) is 2.12. The minimum Gasteiger partial charge on any atom is -0.344 e. The number of rotatable bonds is 5. The molecule has 0 unspecified atom stereocenters. The summed E-state index contributed by atoms with van der Waals surface area (Å²) in [6.45, 7) is 6.55. The highest BCUT2D eigenvalue weighted by atomic mass is 15.3. The molecule has 1 aliphatic rings. The molecule has 2 heterocycles. The zero-order valence-corrected chi connectivity index (χ0v) is 12.6. The third-order valence-electron chi connectivity index (χ3n) is 3.96. The van der Waals surface area contributed by atoms with Crippen LogP contribution in [0, 0.1) is 0 Å². The molecule has 5 nitrogen and oxygen atoms in total. The quantitative estimate of drug-likeness (QED) is 0.896. The fourth-order valence-corrected chi connectivity index (χ4v) is 2.69. The van der Waals surface area contributed by atoms with E-state index in [1.807, 2.05) is 18.5 Å². The molecular weight excluding hydrogens is 262 g/mol. The molecule has 2 aromatic rings. The van der Waals surface area contributed by atoms with Crippen LogP contribution >= 0.6 is 0 Å². The van der Waals surface area contributed by atoms with Gasteiger partial charge in [-0.25, -0.2) is 4.98 Å². The molecule has 1 aromatic carbocycles. The lowest BCUT2D eigenvalue weighted by atomic mass is 10.3. The number of piperazine rings is 1. The normalized spacial score (nSPS) is 16.0. The molecule has 0 bridgehead atoms. The van der Waals surface area contributed by atoms with Crippen molar-refractivity contribution in [1.29, 1.82) is 0 Å². The van der Waals surface area contributed by atoms with Gasteiger partial charge < -0.3 is 10.2 Å². The van der Waals surface area contributed by atoms with Crippen LogP contribution in [0.3, 0.4) is 0 Å². The molecule has 1 aromatic heterocycles. The van der Waals surface area contributed by atoms with E-state index in [1.165, 1.54) is 0 Å². The number of hydrogen-bond acceptors (Lipinski definition) is 4. The van der Waals surface area contributed by atoms with Crippen LogP contribution in [-0.4, -0.2) is 60.8 Å². The second-order valence-electron chi connectivity index (χ2n) is 5.45. The number of likely N-dealkylation sites (N-methyl/N-ethyl adjacent to an activating group) is 1. The van der Waals surface area contributed by atoms with Gasteiger partial charge in [-0.15, -0.1) is 0 Å². The smallest absolute Gasteiger partial charge is 0.209 e. The van der Waals surface area contributed by atoms with E-state index in [4.69, 9.17) is 0 Å². The molecule has 0 atom stereocenters. The maximum atomic E-state index is 4.51. The zero-order valence-electron chi connectivity index (χ0n) is 12.6. The minimum absolute atomic E-state index is 0.990. The summed E-state index contributed by atoms with van der Waals surface area (Å²) in [5.74, 6) is 0.997. The van der Waals surface area contributed by atoms with Crippen LogP contribution in [0.25, 0.3) is 5.69 Å². The third kappa shape index (κ3) is 3.43. The molecule has 1 aliphatic heterocycles. The molecule has 0 radical (unpaired) electrons. The van der Waals surface area contributed by atoms with Crippen LogP contribution in [0.5, 0.6) is 0 Å². The Morgan fingerprint density at radius 3 is 2.71 bits per heavy atom. The van der Waals surface area contributed by atoms with Crippen molar-refractivity contribution in [2.45, 2.75) is 0 Å². The van der Waals surface area contributed by atoms with Gasteiger partial charge in [0.1, 0.15) is 0 Å². The van der Waals surface area contributed by atoms with Crippen LogP contribution < -0.4 is 10.2 Å². The Balaban J connectivity index is 1.65. The predicted octanol–water partition coefficient (Wildman–Crippen LogP) is 1.21. The Hall–Kier alpha value is -1.85. The van der Waals surface area contributed by atoms with Crippen LogP contribution in [0.4, 0.5) is 5.95 Å². The molecule has 0 aliphatic carbocycles. The predicted molar refractivity (Wildman–Crippen MR) is 86.1 cm³/mol. The number of imidazole rings is 1. The number of aromatic nitrogens is 2. The van der Waals surface area contributed by atoms with E-state index >= 15 is 0 Å². The maximum absolute atomic E-state index is 4.51. The maximum Gasteiger partial charge on any atom is 0.209 e. The average Bonchev–Trinajstić information content (AvgIpc) is 3.04. The van der Waals surface area contributed by atoms with Crippen molar-refractivity contribution in [1.82, 2.24) is 19.8 Å². The Morgan fingerprint density at radius 1 is 1.19 bits per heavy atom. The van der Waals surface area contributed by atoms with Crippen LogP contribution in [-0.2, 0) is 0 Å². The first-order chi connectivity index (χ1) is 10.3. The highest BCUT2D eigenvalue weighted by molar-refractivity contribution is 5.42. The minimum atomic E-state index is 0.990. The largest absolute Gasteiger partial charge is 0.344 e. The van der Waals surface area contributed by atoms with Gasteiger partial charge in [0.2, 0.25) is 5.95 Å². The lowest BCUT2D eigenvalue weighted by Gasteiger charge is -2.29. The summed E-state index contributed by atoms with van der Waals surface area (Å²) in [4.78, 5) is 9.25. The van der Waals surface area contributed by atoms with Gasteiger partial charge in [-0.2, -0.15) is 0 Å². The number of hydrogen-bond donors (Lipinski definition) is 1. The zero-order chi connectivity index (χ0) is 14.5. The van der Waals surface area contributed by atoms with Crippen molar-refractivity contribution in [3.63, 3.8) is 0 Å². The second kappa shape index (κ2) is 6.74. The van der Waals surface area contributed by atoms with Crippen LogP contribution in [0.2, 0.25) is 0 Å². The Morgan fingerprint density at radius 2 is 1.95 bits per heavy atom. The first kappa shape index (κ1) is 14.1. The van der Waals surface area contributed by atoms with E-state index < -0.39 is 0 Å². The molecule has 21 heavy (non-hydrogen) atoms. The lowest BCUT2D eigenvalue weighted by Crippen LogP contribution is -2.46. The van der Waals surface area contributed by atoms with Gasteiger partial charge in [0.05, 0.1) is 0 Å². The Bertz CT molecular complexity index is 545. The molecule has 0 spiro atoms. The van der Waals surface area contributed by atoms with Gasteiger partial charge in [0.15, 0.2) is 0 Å². The van der Waals surface area contributed by atoms with Crippen LogP contribution in [0.15, 0.2) is 42.7 Å². The van der Waals surface area contributed by atoms with Crippen LogP contribution in [0.1, 0.15) is 0 Å². The fourth-order valence-electron chi connectivity index (χ4n) is 2.69. The van der Waals surface area contributed by atoms with Crippen molar-refractivity contribution in [3.05, 3.63) is 42.7 Å². The van der Waals surface area contributed by atoms with Gasteiger partial charge in [-0.1, -0.05) is 18.2 Å². The molecule has 5 heteroatoms. The molecule has 112 valence electrons. The van der Waals surface area contributed by atoms with Gasteiger partial charge >= 0.3 is 0 Å². The van der Waals surface area contributed by atoms with E-state index in [-0.39, 0.29) is 0 Å². The standard InChI is InChI=1S/C16H23N5/c1-19(13-14-20-10-7-17-8-11-20)16-18-9-12-21(16)15-5-3-2-4-6-15/h2-6,9,12,17H,7-8,10-11,13-14H2,1H3. The van der Waals surface area contributed by atoms with Gasteiger partial charge in [0.25, 0.3) is 0 Å². The molecule has 0 saturated carbocycles. The monoisotopic (exact) mass is 285 g/mol. The highest BCUT2D eigenvalue weighted by Gasteiger charge is 2.13. The summed E-state index contributed by atoms with van der Waals surface area (Å²) in [5.41, 5.74) is 1.15. The summed E-state index contributed by atoms with van der Waals surface area (Å²) in [6, 6.07) is 10.4.